The van der Waals surface area contributed by atoms with Crippen molar-refractivity contribution in [3.63, 3.8) is 0 Å². The summed E-state index contributed by atoms with van der Waals surface area (Å²) >= 11 is 0. The minimum absolute atomic E-state index is 0.134. The van der Waals surface area contributed by atoms with Gasteiger partial charge in [-0.3, -0.25) is 23.2 Å². The Labute approximate surface area is 421 Å². The Bertz CT molecular complexity index is 1410. The van der Waals surface area contributed by atoms with E-state index >= 15 is 0 Å². The molecule has 1 fully saturated rings. The number of quaternary nitrogens is 1. The molecule has 0 aromatic carbocycles. The van der Waals surface area contributed by atoms with Gasteiger partial charge in [-0.15, -0.1) is 0 Å². The molecule has 0 amide bonds. The predicted octanol–water partition coefficient (Wildman–Crippen LogP) is 7.90. The summed E-state index contributed by atoms with van der Waals surface area (Å²) in [7, 11) is -4.07. The van der Waals surface area contributed by atoms with Gasteiger partial charge in [-0.2, -0.15) is 0 Å². The smallest absolute Gasteiger partial charge is 0.472 e. The number of rotatable bonds is 47. The zero-order valence-corrected chi connectivity index (χ0v) is 45.6. The summed E-state index contributed by atoms with van der Waals surface area (Å²) < 4.78 is 67.1. The predicted molar refractivity (Wildman–Crippen MR) is 266 cm³/mol. The second kappa shape index (κ2) is 40.2. The number of nitrogens with two attached hydrogens (primary N) is 1. The second-order valence-corrected chi connectivity index (χ2v) is 22.9. The van der Waals surface area contributed by atoms with Crippen molar-refractivity contribution in [1.82, 2.24) is 0 Å². The maximum absolute atomic E-state index is 13.0. The fourth-order valence-electron chi connectivity index (χ4n) is 7.68. The maximum Gasteiger partial charge on any atom is 0.472 e. The van der Waals surface area contributed by atoms with Crippen molar-refractivity contribution in [3.8, 4) is 0 Å². The van der Waals surface area contributed by atoms with Crippen LogP contribution in [0.5, 0.6) is 0 Å². The largest absolute Gasteiger partial charge is 0.756 e. The second-order valence-electron chi connectivity index (χ2n) is 20.0. The Kier molecular flexibility index (Phi) is 38.4. The van der Waals surface area contributed by atoms with Crippen LogP contribution >= 0.6 is 15.6 Å². The summed E-state index contributed by atoms with van der Waals surface area (Å²) in [6.07, 6.45) is 20.8. The SMILES string of the molecule is CCCCCCCCCCCCCCCC(=O)OC[C@H](CO[C@H]1O[C@H](COP(=O)(O)OC[C@@H](N)COP(=O)([O-])OCC[N+](C)(C)C)[C@@H](O)[C@H](O)[C@H]1O)OC(=O)CCCCCCCCCCCCCCC. The first-order valence-electron chi connectivity index (χ1n) is 26.7. The van der Waals surface area contributed by atoms with Crippen molar-refractivity contribution in [3.05, 3.63) is 0 Å². The topological polar surface area (TPSA) is 272 Å². The van der Waals surface area contributed by atoms with Gasteiger partial charge in [-0.25, -0.2) is 4.57 Å². The van der Waals surface area contributed by atoms with Gasteiger partial charge in [0, 0.05) is 12.8 Å². The molecule has 0 radical (unpaired) electrons. The molecule has 1 aliphatic rings. The fourth-order valence-corrected chi connectivity index (χ4v) is 9.22. The van der Waals surface area contributed by atoms with E-state index in [4.69, 9.17) is 42.8 Å². The molecule has 9 atom stereocenters. The van der Waals surface area contributed by atoms with Crippen LogP contribution in [0, 0.1) is 0 Å². The number of phosphoric ester groups is 2. The van der Waals surface area contributed by atoms with Gasteiger partial charge in [0.25, 0.3) is 7.82 Å². The summed E-state index contributed by atoms with van der Waals surface area (Å²) in [6, 6.07) is -1.20. The lowest BCUT2D eigenvalue weighted by atomic mass is 9.99. The molecule has 0 saturated carbocycles. The molecule has 0 aliphatic carbocycles. The van der Waals surface area contributed by atoms with E-state index in [9.17, 15) is 43.8 Å². The van der Waals surface area contributed by atoms with E-state index in [-0.39, 0.29) is 26.1 Å². The van der Waals surface area contributed by atoms with Gasteiger partial charge < -0.3 is 63.3 Å². The van der Waals surface area contributed by atoms with Crippen LogP contribution in [0.3, 0.4) is 0 Å². The van der Waals surface area contributed by atoms with Gasteiger partial charge in [0.15, 0.2) is 12.4 Å². The van der Waals surface area contributed by atoms with Crippen molar-refractivity contribution in [1.29, 1.82) is 0 Å². The Morgan fingerprint density at radius 1 is 0.600 bits per heavy atom. The molecule has 0 bridgehead atoms. The van der Waals surface area contributed by atoms with Crippen molar-refractivity contribution in [2.24, 2.45) is 5.73 Å². The highest BCUT2D eigenvalue weighted by atomic mass is 31.2. The molecule has 1 saturated heterocycles. The normalized spacial score (nSPS) is 21.2. The van der Waals surface area contributed by atoms with E-state index in [1.807, 2.05) is 21.1 Å². The van der Waals surface area contributed by atoms with Gasteiger partial charge in [0.2, 0.25) is 0 Å². The lowest BCUT2D eigenvalue weighted by molar-refractivity contribution is -0.870. The minimum Gasteiger partial charge on any atom is -0.756 e. The van der Waals surface area contributed by atoms with Gasteiger partial charge >= 0.3 is 19.8 Å². The summed E-state index contributed by atoms with van der Waals surface area (Å²) in [5, 5.41) is 32.0. The number of esters is 2. The third-order valence-corrected chi connectivity index (χ3v) is 14.0. The van der Waals surface area contributed by atoms with E-state index in [1.165, 1.54) is 116 Å². The van der Waals surface area contributed by atoms with Crippen molar-refractivity contribution in [2.75, 3.05) is 67.3 Å². The molecule has 1 rings (SSSR count). The van der Waals surface area contributed by atoms with E-state index < -0.39 is 96.9 Å². The molecule has 1 heterocycles. The number of nitrogens with zero attached hydrogens (tertiary/aromatic N) is 1. The molecule has 19 nitrogen and oxygen atoms in total. The zero-order valence-electron chi connectivity index (χ0n) is 43.8. The molecule has 0 aromatic heterocycles. The number of phosphoric acid groups is 2. The third kappa shape index (κ3) is 36.7. The number of carbonyl (C=O) groups is 2. The van der Waals surface area contributed by atoms with E-state index in [0.29, 0.717) is 23.9 Å². The van der Waals surface area contributed by atoms with Gasteiger partial charge in [-0.05, 0) is 12.8 Å². The Hall–Kier alpha value is -1.12. The van der Waals surface area contributed by atoms with Gasteiger partial charge in [0.05, 0.1) is 53.6 Å². The summed E-state index contributed by atoms with van der Waals surface area (Å²) in [5.74, 6) is -0.980. The Morgan fingerprint density at radius 3 is 1.51 bits per heavy atom. The first kappa shape index (κ1) is 66.9. The Balaban J connectivity index is 2.68. The molecular formula is C49H98N2O17P2. The van der Waals surface area contributed by atoms with Crippen LogP contribution in [0.4, 0.5) is 0 Å². The van der Waals surface area contributed by atoms with Gasteiger partial charge in [-0.1, -0.05) is 168 Å². The number of unbranched alkanes of at least 4 members (excludes halogenated alkanes) is 24. The Morgan fingerprint density at radius 2 is 1.04 bits per heavy atom. The van der Waals surface area contributed by atoms with E-state index in [1.54, 1.807) is 0 Å². The number of aliphatic hydroxyl groups excluding tert-OH is 3. The average molecular weight is 1050 g/mol. The molecule has 2 unspecified atom stereocenters. The number of carbonyl (C=O) groups excluding carboxylic acids is 2. The van der Waals surface area contributed by atoms with E-state index in [2.05, 4.69) is 13.8 Å². The minimum atomic E-state index is -4.91. The fraction of sp³-hybridized carbons (Fsp3) is 0.959. The summed E-state index contributed by atoms with van der Waals surface area (Å²) in [4.78, 5) is 48.1. The van der Waals surface area contributed by atoms with Crippen LogP contribution in [0.15, 0.2) is 0 Å². The number of hydrogen-bond donors (Lipinski definition) is 5. The molecule has 416 valence electrons. The van der Waals surface area contributed by atoms with Crippen LogP contribution in [-0.4, -0.2) is 147 Å². The number of ether oxygens (including phenoxy) is 4. The highest BCUT2D eigenvalue weighted by Crippen LogP contribution is 2.44. The van der Waals surface area contributed by atoms with Crippen molar-refractivity contribution >= 4 is 27.6 Å². The maximum atomic E-state index is 13.0. The molecule has 0 aromatic rings. The van der Waals surface area contributed by atoms with Crippen LogP contribution in [0.1, 0.15) is 194 Å². The lowest BCUT2D eigenvalue weighted by Crippen LogP contribution is -2.59. The third-order valence-electron chi connectivity index (χ3n) is 12.1. The van der Waals surface area contributed by atoms with Crippen molar-refractivity contribution < 1.29 is 85.4 Å². The number of likely N-dealkylation sites (N-methyl/N-ethyl adjacent to an activating group) is 1. The zero-order chi connectivity index (χ0) is 52.1. The van der Waals surface area contributed by atoms with Crippen LogP contribution < -0.4 is 10.6 Å². The van der Waals surface area contributed by atoms with E-state index in [0.717, 1.165) is 38.5 Å². The van der Waals surface area contributed by atoms with Crippen LogP contribution in [-0.2, 0) is 55.8 Å². The highest BCUT2D eigenvalue weighted by Gasteiger charge is 2.45. The molecule has 6 N–H and O–H groups in total. The first-order valence-corrected chi connectivity index (χ1v) is 29.7. The highest BCUT2D eigenvalue weighted by molar-refractivity contribution is 7.47. The summed E-state index contributed by atoms with van der Waals surface area (Å²) in [6.45, 7) is 1.77. The quantitative estimate of drug-likeness (QED) is 0.0168. The van der Waals surface area contributed by atoms with Gasteiger partial charge in [0.1, 0.15) is 44.2 Å². The summed E-state index contributed by atoms with van der Waals surface area (Å²) in [5.41, 5.74) is 5.80. The van der Waals surface area contributed by atoms with Crippen LogP contribution in [0.2, 0.25) is 0 Å². The number of hydrogen-bond acceptors (Lipinski definition) is 17. The molecule has 1 aliphatic heterocycles. The monoisotopic (exact) mass is 1050 g/mol. The molecule has 70 heavy (non-hydrogen) atoms. The average Bonchev–Trinajstić information content (AvgIpc) is 3.30. The molecule has 0 spiro atoms. The molecular weight excluding hydrogens is 950 g/mol. The number of aliphatic hydroxyl groups is 3. The standard InChI is InChI=1S/C49H98N2O17P2/c1-6-8-10-12-14-16-18-20-22-24-26-28-30-32-44(52)61-38-42(67-45(53)33-31-29-27-25-23-21-19-17-15-13-11-9-7-2)39-62-49-48(56)47(55)46(54)43(68-49)40-66-70(59,60)65-37-41(50)36-64-69(57,58)63-35-34-51(3,4)5/h41-43,46-49,54-56H,6-40,50H2,1-5H3,(H-,57,58,59,60)/t41-,42+,43+,46+,47-,48+,49-/m0/s1. The van der Waals surface area contributed by atoms with Crippen LogP contribution in [0.25, 0.3) is 0 Å². The van der Waals surface area contributed by atoms with Crippen molar-refractivity contribution in [2.45, 2.75) is 236 Å². The lowest BCUT2D eigenvalue weighted by Gasteiger charge is -2.40. The molecule has 21 heteroatoms. The first-order chi connectivity index (χ1) is 33.3.